The predicted molar refractivity (Wildman–Crippen MR) is 78.0 cm³/mol. The van der Waals surface area contributed by atoms with Crippen LogP contribution >= 0.6 is 11.3 Å². The summed E-state index contributed by atoms with van der Waals surface area (Å²) in [7, 11) is 0. The quantitative estimate of drug-likeness (QED) is 0.921. The topological polar surface area (TPSA) is 42.0 Å². The number of para-hydroxylation sites is 1. The second kappa shape index (κ2) is 4.78. The third-order valence-electron chi connectivity index (χ3n) is 3.34. The van der Waals surface area contributed by atoms with Gasteiger partial charge in [0.1, 0.15) is 4.88 Å². The molecule has 1 aromatic heterocycles. The van der Waals surface area contributed by atoms with Crippen LogP contribution in [0.4, 0.5) is 5.69 Å². The number of aromatic nitrogens is 1. The van der Waals surface area contributed by atoms with Gasteiger partial charge in [-0.05, 0) is 38.3 Å². The molecule has 0 spiro atoms. The van der Waals surface area contributed by atoms with E-state index in [9.17, 15) is 4.79 Å². The second-order valence-electron chi connectivity index (χ2n) is 5.01. The Morgan fingerprint density at radius 2 is 2.05 bits per heavy atom. The van der Waals surface area contributed by atoms with Gasteiger partial charge in [0.15, 0.2) is 0 Å². The molecule has 1 N–H and O–H groups in total. The Bertz CT molecular complexity index is 629. The van der Waals surface area contributed by atoms with Gasteiger partial charge in [-0.1, -0.05) is 18.2 Å². The number of aryl methyl sites for hydroxylation is 2. The minimum Gasteiger partial charge on any atom is -0.321 e. The highest BCUT2D eigenvalue weighted by Gasteiger charge is 2.29. The zero-order chi connectivity index (χ0) is 13.4. The number of nitrogens with zero attached hydrogens (tertiary/aromatic N) is 1. The maximum Gasteiger partial charge on any atom is 0.267 e. The van der Waals surface area contributed by atoms with Crippen molar-refractivity contribution in [1.29, 1.82) is 0 Å². The number of nitrogens with one attached hydrogen (secondary N) is 1. The molecule has 98 valence electrons. The Morgan fingerprint density at radius 1 is 1.32 bits per heavy atom. The van der Waals surface area contributed by atoms with Crippen LogP contribution in [0.5, 0.6) is 0 Å². The smallest absolute Gasteiger partial charge is 0.267 e. The van der Waals surface area contributed by atoms with Crippen LogP contribution in [0.2, 0.25) is 0 Å². The van der Waals surface area contributed by atoms with Gasteiger partial charge in [-0.25, -0.2) is 4.98 Å². The van der Waals surface area contributed by atoms with Crippen LogP contribution in [0.3, 0.4) is 0 Å². The lowest BCUT2D eigenvalue weighted by Crippen LogP contribution is -2.12. The first kappa shape index (κ1) is 12.4. The molecule has 1 saturated carbocycles. The summed E-state index contributed by atoms with van der Waals surface area (Å²) in [5.74, 6) is 0.555. The van der Waals surface area contributed by atoms with Crippen molar-refractivity contribution >= 4 is 22.9 Å². The number of benzene rings is 1. The summed E-state index contributed by atoms with van der Waals surface area (Å²) >= 11 is 1.54. The van der Waals surface area contributed by atoms with E-state index in [1.807, 2.05) is 38.1 Å². The Morgan fingerprint density at radius 3 is 2.74 bits per heavy atom. The van der Waals surface area contributed by atoms with Crippen molar-refractivity contribution in [3.8, 4) is 0 Å². The maximum absolute atomic E-state index is 12.3. The van der Waals surface area contributed by atoms with E-state index in [0.29, 0.717) is 5.92 Å². The Labute approximate surface area is 116 Å². The van der Waals surface area contributed by atoms with Crippen LogP contribution in [0.25, 0.3) is 0 Å². The fourth-order valence-corrected chi connectivity index (χ4v) is 3.16. The van der Waals surface area contributed by atoms with Crippen molar-refractivity contribution < 1.29 is 4.79 Å². The molecule has 0 atom stereocenters. The minimum atomic E-state index is -0.0452. The van der Waals surface area contributed by atoms with Crippen LogP contribution in [-0.4, -0.2) is 10.9 Å². The van der Waals surface area contributed by atoms with Gasteiger partial charge in [0.25, 0.3) is 5.91 Å². The molecule has 2 aromatic rings. The molecule has 3 rings (SSSR count). The molecule has 0 radical (unpaired) electrons. The summed E-state index contributed by atoms with van der Waals surface area (Å²) in [5.41, 5.74) is 2.78. The van der Waals surface area contributed by atoms with Gasteiger partial charge in [-0.3, -0.25) is 4.79 Å². The molecular formula is C15H16N2OS. The molecule has 19 heavy (non-hydrogen) atoms. The molecule has 0 bridgehead atoms. The lowest BCUT2D eigenvalue weighted by atomic mass is 10.2. The number of thiazole rings is 1. The summed E-state index contributed by atoms with van der Waals surface area (Å²) in [6.07, 6.45) is 2.43. The summed E-state index contributed by atoms with van der Waals surface area (Å²) in [5, 5.41) is 4.09. The minimum absolute atomic E-state index is 0.0452. The molecule has 0 aliphatic heterocycles. The fourth-order valence-electron chi connectivity index (χ4n) is 2.03. The summed E-state index contributed by atoms with van der Waals surface area (Å²) < 4.78 is 0. The normalized spacial score (nSPS) is 14.4. The SMILES string of the molecule is Cc1ccccc1NC(=O)c1sc(C2CC2)nc1C. The van der Waals surface area contributed by atoms with E-state index in [4.69, 9.17) is 0 Å². The van der Waals surface area contributed by atoms with Gasteiger partial charge in [0.2, 0.25) is 0 Å². The van der Waals surface area contributed by atoms with Gasteiger partial charge in [-0.15, -0.1) is 11.3 Å². The molecular weight excluding hydrogens is 256 g/mol. The maximum atomic E-state index is 12.3. The van der Waals surface area contributed by atoms with Gasteiger partial charge >= 0.3 is 0 Å². The van der Waals surface area contributed by atoms with Crippen LogP contribution in [0, 0.1) is 13.8 Å². The number of anilines is 1. The summed E-state index contributed by atoms with van der Waals surface area (Å²) in [6, 6.07) is 7.81. The van der Waals surface area contributed by atoms with Gasteiger partial charge < -0.3 is 5.32 Å². The van der Waals surface area contributed by atoms with E-state index in [0.717, 1.165) is 26.8 Å². The third kappa shape index (κ3) is 2.54. The monoisotopic (exact) mass is 272 g/mol. The van der Waals surface area contributed by atoms with Crippen molar-refractivity contribution in [2.75, 3.05) is 5.32 Å². The van der Waals surface area contributed by atoms with E-state index < -0.39 is 0 Å². The van der Waals surface area contributed by atoms with Crippen LogP contribution in [0.1, 0.15) is 44.7 Å². The van der Waals surface area contributed by atoms with Crippen LogP contribution in [-0.2, 0) is 0 Å². The number of rotatable bonds is 3. The van der Waals surface area contributed by atoms with Crippen molar-refractivity contribution in [1.82, 2.24) is 4.98 Å². The number of hydrogen-bond acceptors (Lipinski definition) is 3. The Balaban J connectivity index is 1.82. The fraction of sp³-hybridized carbons (Fsp3) is 0.333. The van der Waals surface area contributed by atoms with E-state index in [2.05, 4.69) is 10.3 Å². The molecule has 1 amide bonds. The molecule has 4 heteroatoms. The molecule has 1 aromatic carbocycles. The van der Waals surface area contributed by atoms with E-state index in [-0.39, 0.29) is 5.91 Å². The van der Waals surface area contributed by atoms with Crippen molar-refractivity contribution in [2.24, 2.45) is 0 Å². The summed E-state index contributed by atoms with van der Waals surface area (Å²) in [4.78, 5) is 17.6. The molecule has 3 nitrogen and oxygen atoms in total. The average molecular weight is 272 g/mol. The highest BCUT2D eigenvalue weighted by molar-refractivity contribution is 7.14. The van der Waals surface area contributed by atoms with E-state index in [1.165, 1.54) is 12.8 Å². The Kier molecular flexibility index (Phi) is 3.11. The molecule has 1 aliphatic carbocycles. The first-order valence-corrected chi connectivity index (χ1v) is 7.31. The first-order chi connectivity index (χ1) is 9.15. The highest BCUT2D eigenvalue weighted by Crippen LogP contribution is 2.42. The molecule has 1 heterocycles. The zero-order valence-corrected chi connectivity index (χ0v) is 11.9. The number of carbonyl (C=O) groups is 1. The van der Waals surface area contributed by atoms with E-state index >= 15 is 0 Å². The summed E-state index contributed by atoms with van der Waals surface area (Å²) in [6.45, 7) is 3.90. The zero-order valence-electron chi connectivity index (χ0n) is 11.1. The highest BCUT2D eigenvalue weighted by atomic mass is 32.1. The van der Waals surface area contributed by atoms with Gasteiger partial charge in [0.05, 0.1) is 10.7 Å². The lowest BCUT2D eigenvalue weighted by molar-refractivity contribution is 0.102. The second-order valence-corrected chi connectivity index (χ2v) is 6.04. The van der Waals surface area contributed by atoms with Crippen molar-refractivity contribution in [2.45, 2.75) is 32.6 Å². The molecule has 1 fully saturated rings. The molecule has 1 aliphatic rings. The van der Waals surface area contributed by atoms with Crippen LogP contribution < -0.4 is 5.32 Å². The molecule has 0 unspecified atom stereocenters. The predicted octanol–water partition coefficient (Wildman–Crippen LogP) is 3.89. The van der Waals surface area contributed by atoms with Crippen molar-refractivity contribution in [3.05, 3.63) is 45.4 Å². The molecule has 0 saturated heterocycles. The largest absolute Gasteiger partial charge is 0.321 e. The first-order valence-electron chi connectivity index (χ1n) is 6.49. The number of carbonyl (C=O) groups excluding carboxylic acids is 1. The lowest BCUT2D eigenvalue weighted by Gasteiger charge is -2.06. The third-order valence-corrected chi connectivity index (χ3v) is 4.66. The number of amides is 1. The van der Waals surface area contributed by atoms with Gasteiger partial charge in [-0.2, -0.15) is 0 Å². The average Bonchev–Trinajstić information content (AvgIpc) is 3.16. The van der Waals surface area contributed by atoms with Crippen LogP contribution in [0.15, 0.2) is 24.3 Å². The Hall–Kier alpha value is -1.68. The van der Waals surface area contributed by atoms with Crippen molar-refractivity contribution in [3.63, 3.8) is 0 Å². The standard InChI is InChI=1S/C15H16N2OS/c1-9-5-3-4-6-12(9)17-14(18)13-10(2)16-15(19-13)11-7-8-11/h3-6,11H,7-8H2,1-2H3,(H,17,18). The van der Waals surface area contributed by atoms with Gasteiger partial charge in [0, 0.05) is 11.6 Å². The number of hydrogen-bond donors (Lipinski definition) is 1. The van der Waals surface area contributed by atoms with E-state index in [1.54, 1.807) is 11.3 Å².